The van der Waals surface area contributed by atoms with Crippen LogP contribution in [0.3, 0.4) is 0 Å². The molecule has 0 radical (unpaired) electrons. The van der Waals surface area contributed by atoms with E-state index in [4.69, 9.17) is 0 Å². The lowest BCUT2D eigenvalue weighted by Crippen LogP contribution is -2.26. The van der Waals surface area contributed by atoms with E-state index in [2.05, 4.69) is 45.9 Å². The third-order valence-corrected chi connectivity index (χ3v) is 6.52. The van der Waals surface area contributed by atoms with E-state index >= 15 is 0 Å². The van der Waals surface area contributed by atoms with Crippen LogP contribution in [0.1, 0.15) is 28.9 Å². The number of aryl methyl sites for hydroxylation is 2. The SMILES string of the molecule is CSc1ccc(CCNC(=O)CCc2c(C)nc3cc(-c4cccc(F)c4)nn3c2C)cc1. The van der Waals surface area contributed by atoms with Crippen LogP contribution in [0.5, 0.6) is 0 Å². The van der Waals surface area contributed by atoms with Crippen LogP contribution in [0.4, 0.5) is 4.39 Å². The molecule has 2 aromatic carbocycles. The molecule has 0 atom stereocenters. The second kappa shape index (κ2) is 10.2. The van der Waals surface area contributed by atoms with Gasteiger partial charge in [0.05, 0.1) is 5.69 Å². The highest BCUT2D eigenvalue weighted by Crippen LogP contribution is 2.23. The van der Waals surface area contributed by atoms with Crippen LogP contribution >= 0.6 is 11.8 Å². The van der Waals surface area contributed by atoms with Crippen molar-refractivity contribution in [3.63, 3.8) is 0 Å². The standard InChI is InChI=1S/C26H27FN4OS/c1-17-23(11-12-26(32)28-14-13-19-7-9-22(33-3)10-8-19)18(2)31-25(29-17)16-24(30-31)20-5-4-6-21(27)15-20/h4-10,15-16H,11-14H2,1-3H3,(H,28,32). The lowest BCUT2D eigenvalue weighted by atomic mass is 10.1. The molecule has 0 fully saturated rings. The summed E-state index contributed by atoms with van der Waals surface area (Å²) in [5.74, 6) is -0.273. The normalized spacial score (nSPS) is 11.2. The Balaban J connectivity index is 1.39. The van der Waals surface area contributed by atoms with Crippen molar-refractivity contribution in [2.24, 2.45) is 0 Å². The van der Waals surface area contributed by atoms with Gasteiger partial charge < -0.3 is 5.32 Å². The fourth-order valence-electron chi connectivity index (χ4n) is 3.94. The minimum absolute atomic E-state index is 0.0237. The van der Waals surface area contributed by atoms with Gasteiger partial charge in [0.1, 0.15) is 5.82 Å². The number of amides is 1. The Morgan fingerprint density at radius 1 is 1.09 bits per heavy atom. The third-order valence-electron chi connectivity index (χ3n) is 5.78. The van der Waals surface area contributed by atoms with Gasteiger partial charge in [0, 0.05) is 40.9 Å². The summed E-state index contributed by atoms with van der Waals surface area (Å²) in [4.78, 5) is 18.3. The minimum Gasteiger partial charge on any atom is -0.356 e. The number of nitrogens with zero attached hydrogens (tertiary/aromatic N) is 3. The van der Waals surface area contributed by atoms with E-state index in [1.165, 1.54) is 22.6 Å². The van der Waals surface area contributed by atoms with Gasteiger partial charge in [-0.25, -0.2) is 13.9 Å². The maximum atomic E-state index is 13.6. The average molecular weight is 463 g/mol. The smallest absolute Gasteiger partial charge is 0.220 e. The Bertz CT molecular complexity index is 1280. The number of hydrogen-bond acceptors (Lipinski definition) is 4. The molecule has 0 aliphatic rings. The van der Waals surface area contributed by atoms with Gasteiger partial charge in [-0.2, -0.15) is 5.10 Å². The summed E-state index contributed by atoms with van der Waals surface area (Å²) >= 11 is 1.72. The molecular formula is C26H27FN4OS. The van der Waals surface area contributed by atoms with Crippen LogP contribution < -0.4 is 5.32 Å². The summed E-state index contributed by atoms with van der Waals surface area (Å²) in [6.45, 7) is 4.55. The molecule has 4 aromatic rings. The van der Waals surface area contributed by atoms with Crippen LogP contribution in [-0.4, -0.2) is 33.3 Å². The zero-order valence-electron chi connectivity index (χ0n) is 19.1. The summed E-state index contributed by atoms with van der Waals surface area (Å²) in [6, 6.07) is 16.7. The predicted octanol–water partition coefficient (Wildman–Crippen LogP) is 5.17. The van der Waals surface area contributed by atoms with Crippen molar-refractivity contribution in [3.05, 3.63) is 82.9 Å². The van der Waals surface area contributed by atoms with Crippen molar-refractivity contribution in [3.8, 4) is 11.3 Å². The first-order chi connectivity index (χ1) is 15.9. The Hall–Kier alpha value is -3.19. The fourth-order valence-corrected chi connectivity index (χ4v) is 4.35. The topological polar surface area (TPSA) is 59.3 Å². The Kier molecular flexibility index (Phi) is 7.08. The van der Waals surface area contributed by atoms with Gasteiger partial charge in [-0.3, -0.25) is 4.79 Å². The molecular weight excluding hydrogens is 435 g/mol. The van der Waals surface area contributed by atoms with Gasteiger partial charge >= 0.3 is 0 Å². The molecule has 0 bridgehead atoms. The van der Waals surface area contributed by atoms with Crippen LogP contribution in [0, 0.1) is 19.7 Å². The van der Waals surface area contributed by atoms with E-state index < -0.39 is 0 Å². The summed E-state index contributed by atoms with van der Waals surface area (Å²) in [5.41, 5.74) is 6.15. The van der Waals surface area contributed by atoms with Gasteiger partial charge in [0.2, 0.25) is 5.91 Å². The van der Waals surface area contributed by atoms with Gasteiger partial charge in [-0.15, -0.1) is 11.8 Å². The Morgan fingerprint density at radius 3 is 2.61 bits per heavy atom. The fraction of sp³-hybridized carbons (Fsp3) is 0.269. The highest BCUT2D eigenvalue weighted by atomic mass is 32.2. The van der Waals surface area contributed by atoms with E-state index in [9.17, 15) is 9.18 Å². The number of hydrogen-bond donors (Lipinski definition) is 1. The van der Waals surface area contributed by atoms with Crippen molar-refractivity contribution in [1.29, 1.82) is 0 Å². The van der Waals surface area contributed by atoms with E-state index in [1.54, 1.807) is 22.3 Å². The molecule has 1 amide bonds. The summed E-state index contributed by atoms with van der Waals surface area (Å²) < 4.78 is 15.4. The highest BCUT2D eigenvalue weighted by Gasteiger charge is 2.14. The molecule has 1 N–H and O–H groups in total. The molecule has 7 heteroatoms. The summed E-state index contributed by atoms with van der Waals surface area (Å²) in [5, 5.41) is 7.65. The van der Waals surface area contributed by atoms with Crippen molar-refractivity contribution >= 4 is 23.3 Å². The third kappa shape index (κ3) is 5.42. The van der Waals surface area contributed by atoms with Gasteiger partial charge in [0.25, 0.3) is 0 Å². The van der Waals surface area contributed by atoms with Crippen LogP contribution in [0.2, 0.25) is 0 Å². The van der Waals surface area contributed by atoms with E-state index in [0.29, 0.717) is 36.3 Å². The number of rotatable bonds is 8. The molecule has 4 rings (SSSR count). The molecule has 0 saturated heterocycles. The first-order valence-corrected chi connectivity index (χ1v) is 12.2. The highest BCUT2D eigenvalue weighted by molar-refractivity contribution is 7.98. The van der Waals surface area contributed by atoms with Crippen LogP contribution in [-0.2, 0) is 17.6 Å². The number of fused-ring (bicyclic) bond motifs is 1. The minimum atomic E-state index is -0.297. The second-order valence-corrected chi connectivity index (χ2v) is 8.90. The predicted molar refractivity (Wildman–Crippen MR) is 131 cm³/mol. The number of carbonyl (C=O) groups is 1. The van der Waals surface area contributed by atoms with Gasteiger partial charge in [-0.1, -0.05) is 24.3 Å². The quantitative estimate of drug-likeness (QED) is 0.367. The second-order valence-electron chi connectivity index (χ2n) is 8.02. The zero-order chi connectivity index (χ0) is 23.4. The Labute approximate surface area is 197 Å². The molecule has 0 saturated carbocycles. The van der Waals surface area contributed by atoms with Crippen molar-refractivity contribution < 1.29 is 9.18 Å². The maximum Gasteiger partial charge on any atom is 0.220 e. The maximum absolute atomic E-state index is 13.6. The lowest BCUT2D eigenvalue weighted by Gasteiger charge is -2.11. The summed E-state index contributed by atoms with van der Waals surface area (Å²) in [7, 11) is 0. The van der Waals surface area contributed by atoms with Crippen molar-refractivity contribution in [2.75, 3.05) is 12.8 Å². The first kappa shape index (κ1) is 23.0. The molecule has 0 aliphatic carbocycles. The first-order valence-electron chi connectivity index (χ1n) is 11.0. The van der Waals surface area contributed by atoms with Gasteiger partial charge in [0.15, 0.2) is 5.65 Å². The molecule has 0 unspecified atom stereocenters. The molecule has 2 aromatic heterocycles. The number of thioether (sulfide) groups is 1. The monoisotopic (exact) mass is 462 g/mol. The number of aromatic nitrogens is 3. The average Bonchev–Trinajstić information content (AvgIpc) is 3.24. The molecule has 0 aliphatic heterocycles. The number of carbonyl (C=O) groups excluding carboxylic acids is 1. The molecule has 0 spiro atoms. The number of benzene rings is 2. The Morgan fingerprint density at radius 2 is 1.88 bits per heavy atom. The van der Waals surface area contributed by atoms with Crippen LogP contribution in [0.25, 0.3) is 16.9 Å². The molecule has 2 heterocycles. The van der Waals surface area contributed by atoms with E-state index in [0.717, 1.165) is 23.4 Å². The van der Waals surface area contributed by atoms with Crippen molar-refractivity contribution in [2.45, 2.75) is 38.0 Å². The number of nitrogens with one attached hydrogen (secondary N) is 1. The van der Waals surface area contributed by atoms with Crippen LogP contribution in [0.15, 0.2) is 59.5 Å². The lowest BCUT2D eigenvalue weighted by molar-refractivity contribution is -0.121. The molecule has 33 heavy (non-hydrogen) atoms. The van der Waals surface area contributed by atoms with E-state index in [1.807, 2.05) is 26.0 Å². The summed E-state index contributed by atoms with van der Waals surface area (Å²) in [6.07, 6.45) is 3.84. The largest absolute Gasteiger partial charge is 0.356 e. The molecule has 170 valence electrons. The van der Waals surface area contributed by atoms with Gasteiger partial charge in [-0.05, 0) is 68.3 Å². The number of halogens is 1. The zero-order valence-corrected chi connectivity index (χ0v) is 19.9. The molecule has 5 nitrogen and oxygen atoms in total. The van der Waals surface area contributed by atoms with Crippen molar-refractivity contribution in [1.82, 2.24) is 19.9 Å². The van der Waals surface area contributed by atoms with E-state index in [-0.39, 0.29) is 11.7 Å².